The van der Waals surface area contributed by atoms with E-state index in [0.29, 0.717) is 65.7 Å². The average Bonchev–Trinajstić information content (AvgIpc) is 3.84. The van der Waals surface area contributed by atoms with Gasteiger partial charge < -0.3 is 39.5 Å². The first-order valence-electron chi connectivity index (χ1n) is 20.9. The number of likely N-dealkylation sites (N-methyl/N-ethyl adjacent to an activating group) is 1. The van der Waals surface area contributed by atoms with Crippen LogP contribution < -0.4 is 24.8 Å². The number of benzene rings is 4. The first kappa shape index (κ1) is 39.1. The van der Waals surface area contributed by atoms with Crippen LogP contribution in [0.2, 0.25) is 0 Å². The molecule has 2 atom stereocenters. The highest BCUT2D eigenvalue weighted by molar-refractivity contribution is 6.06. The number of piperazine rings is 1. The Bertz CT molecular complexity index is 2410. The van der Waals surface area contributed by atoms with Crippen molar-refractivity contribution in [3.05, 3.63) is 113 Å². The lowest BCUT2D eigenvalue weighted by molar-refractivity contribution is 0.0809. The Balaban J connectivity index is 0.766. The average molecular weight is 806 g/mol. The largest absolute Gasteiger partial charge is 0.493 e. The highest BCUT2D eigenvalue weighted by Gasteiger charge is 2.35. The second-order valence-corrected chi connectivity index (χ2v) is 16.2. The van der Waals surface area contributed by atoms with Crippen molar-refractivity contribution in [2.24, 2.45) is 9.98 Å². The highest BCUT2D eigenvalue weighted by atomic mass is 16.5. The molecule has 0 aromatic heterocycles. The molecular weight excluding hydrogens is 755 g/mol. The van der Waals surface area contributed by atoms with E-state index in [1.54, 1.807) is 23.0 Å². The molecule has 5 aliphatic rings. The van der Waals surface area contributed by atoms with Crippen LogP contribution >= 0.6 is 0 Å². The normalized spacial score (nSPS) is 19.6. The van der Waals surface area contributed by atoms with E-state index < -0.39 is 0 Å². The van der Waals surface area contributed by atoms with Gasteiger partial charge in [-0.15, -0.1) is 0 Å². The monoisotopic (exact) mass is 805 g/mol. The number of fused-ring (bicyclic) bond motifs is 4. The third kappa shape index (κ3) is 7.87. The minimum atomic E-state index is -0.162. The Hall–Kier alpha value is -6.40. The van der Waals surface area contributed by atoms with Gasteiger partial charge in [0.25, 0.3) is 11.8 Å². The number of aliphatic imine (C=N–C) groups is 2. The fourth-order valence-corrected chi connectivity index (χ4v) is 8.55. The molecular formula is C48H51N7O5. The SMILES string of the molecule is COc1cc2c(cc1OCCCCCOc1cc3c(cc1C)C(=O)N1C=C(c4ccc(N)cc4)C[C@H]1C=N3)N=C[C@@H]1CC(c3ccc(N4CCN(C)CC4)cc3)=CN1C2=O. The molecule has 0 bridgehead atoms. The van der Waals surface area contributed by atoms with Gasteiger partial charge in [0.15, 0.2) is 11.5 Å². The molecule has 308 valence electrons. The second-order valence-electron chi connectivity index (χ2n) is 16.2. The quantitative estimate of drug-likeness (QED) is 0.113. The summed E-state index contributed by atoms with van der Waals surface area (Å²) in [6, 6.07) is 23.4. The number of hydrogen-bond donors (Lipinski definition) is 1. The predicted molar refractivity (Wildman–Crippen MR) is 237 cm³/mol. The second kappa shape index (κ2) is 16.7. The maximum absolute atomic E-state index is 13.9. The van der Waals surface area contributed by atoms with Gasteiger partial charge in [0.1, 0.15) is 5.75 Å². The Morgan fingerprint density at radius 1 is 0.667 bits per heavy atom. The van der Waals surface area contributed by atoms with Crippen LogP contribution in [0, 0.1) is 6.92 Å². The summed E-state index contributed by atoms with van der Waals surface area (Å²) < 4.78 is 18.1. The summed E-state index contributed by atoms with van der Waals surface area (Å²) in [5, 5.41) is 0. The molecule has 5 heterocycles. The van der Waals surface area contributed by atoms with Gasteiger partial charge in [-0.1, -0.05) is 24.3 Å². The van der Waals surface area contributed by atoms with Crippen LogP contribution in [0.25, 0.3) is 11.1 Å². The summed E-state index contributed by atoms with van der Waals surface area (Å²) in [6.07, 6.45) is 11.5. The molecule has 5 aliphatic heterocycles. The highest BCUT2D eigenvalue weighted by Crippen LogP contribution is 2.41. The molecule has 0 unspecified atom stereocenters. The van der Waals surface area contributed by atoms with Crippen LogP contribution in [0.1, 0.15) is 69.5 Å². The summed E-state index contributed by atoms with van der Waals surface area (Å²) >= 11 is 0. The predicted octanol–water partition coefficient (Wildman–Crippen LogP) is 7.91. The molecule has 4 aromatic carbocycles. The number of nitrogen functional groups attached to an aromatic ring is 1. The molecule has 12 nitrogen and oxygen atoms in total. The van der Waals surface area contributed by atoms with Crippen molar-refractivity contribution in [2.45, 2.75) is 51.1 Å². The Morgan fingerprint density at radius 3 is 1.78 bits per heavy atom. The smallest absolute Gasteiger partial charge is 0.260 e. The van der Waals surface area contributed by atoms with Crippen molar-refractivity contribution < 1.29 is 23.8 Å². The van der Waals surface area contributed by atoms with Crippen LogP contribution in [-0.4, -0.2) is 105 Å². The van der Waals surface area contributed by atoms with E-state index in [-0.39, 0.29) is 23.9 Å². The van der Waals surface area contributed by atoms with E-state index in [1.165, 1.54) is 5.69 Å². The number of nitrogens with two attached hydrogens (primary N) is 1. The fraction of sp³-hybridized carbons (Fsp3) is 0.333. The molecule has 0 radical (unpaired) electrons. The third-order valence-electron chi connectivity index (χ3n) is 12.1. The summed E-state index contributed by atoms with van der Waals surface area (Å²) in [5.41, 5.74) is 15.3. The van der Waals surface area contributed by atoms with E-state index in [0.717, 1.165) is 79.0 Å². The molecule has 0 spiro atoms. The maximum Gasteiger partial charge on any atom is 0.260 e. The van der Waals surface area contributed by atoms with Crippen LogP contribution in [0.15, 0.2) is 95.2 Å². The van der Waals surface area contributed by atoms with E-state index in [4.69, 9.17) is 29.9 Å². The Kier molecular flexibility index (Phi) is 10.9. The van der Waals surface area contributed by atoms with Crippen molar-refractivity contribution >= 4 is 58.1 Å². The van der Waals surface area contributed by atoms with E-state index >= 15 is 0 Å². The van der Waals surface area contributed by atoms with Gasteiger partial charge in [0.05, 0.1) is 54.9 Å². The first-order valence-corrected chi connectivity index (χ1v) is 20.9. The number of ether oxygens (including phenoxy) is 3. The molecule has 2 amide bonds. The fourth-order valence-electron chi connectivity index (χ4n) is 8.55. The maximum atomic E-state index is 13.9. The number of methoxy groups -OCH3 is 1. The molecule has 2 N–H and O–H groups in total. The zero-order valence-electron chi connectivity index (χ0n) is 34.5. The third-order valence-corrected chi connectivity index (χ3v) is 12.1. The van der Waals surface area contributed by atoms with Gasteiger partial charge in [-0.25, -0.2) is 0 Å². The van der Waals surface area contributed by atoms with Gasteiger partial charge in [0, 0.05) is 87.4 Å². The van der Waals surface area contributed by atoms with Crippen molar-refractivity contribution in [3.63, 3.8) is 0 Å². The lowest BCUT2D eigenvalue weighted by atomic mass is 10.0. The van der Waals surface area contributed by atoms with Crippen molar-refractivity contribution in [1.82, 2.24) is 14.7 Å². The lowest BCUT2D eigenvalue weighted by Crippen LogP contribution is -2.44. The Morgan fingerprint density at radius 2 is 1.20 bits per heavy atom. The van der Waals surface area contributed by atoms with Gasteiger partial charge in [-0.2, -0.15) is 0 Å². The first-order chi connectivity index (χ1) is 29.2. The van der Waals surface area contributed by atoms with Crippen LogP contribution in [0.5, 0.6) is 17.2 Å². The number of unbranched alkanes of at least 4 members (excludes halogenated alkanes) is 2. The van der Waals surface area contributed by atoms with Crippen molar-refractivity contribution in [1.29, 1.82) is 0 Å². The summed E-state index contributed by atoms with van der Waals surface area (Å²) in [7, 11) is 3.75. The van der Waals surface area contributed by atoms with Crippen molar-refractivity contribution in [2.75, 3.05) is 64.2 Å². The minimum absolute atomic E-state index is 0.0674. The van der Waals surface area contributed by atoms with Gasteiger partial charge in [-0.3, -0.25) is 19.6 Å². The zero-order chi connectivity index (χ0) is 41.3. The summed E-state index contributed by atoms with van der Waals surface area (Å²) in [4.78, 5) is 45.4. The van der Waals surface area contributed by atoms with Crippen LogP contribution in [-0.2, 0) is 0 Å². The molecule has 9 rings (SSSR count). The molecule has 4 aromatic rings. The number of anilines is 2. The number of hydrogen-bond acceptors (Lipinski definition) is 10. The van der Waals surface area contributed by atoms with Gasteiger partial charge >= 0.3 is 0 Å². The van der Waals surface area contributed by atoms with E-state index in [9.17, 15) is 9.59 Å². The summed E-state index contributed by atoms with van der Waals surface area (Å²) in [5.74, 6) is 1.61. The molecule has 1 fully saturated rings. The number of aryl methyl sites for hydroxylation is 1. The molecule has 1 saturated heterocycles. The molecule has 60 heavy (non-hydrogen) atoms. The van der Waals surface area contributed by atoms with Crippen LogP contribution in [0.4, 0.5) is 22.7 Å². The number of nitrogens with zero attached hydrogens (tertiary/aromatic N) is 6. The van der Waals surface area contributed by atoms with E-state index in [1.807, 2.05) is 74.2 Å². The van der Waals surface area contributed by atoms with Crippen molar-refractivity contribution in [3.8, 4) is 17.2 Å². The number of carbonyl (C=O) groups is 2. The Labute approximate surface area is 351 Å². The standard InChI is InChI=1S/C48H51N7O5/c1-31-21-40-42(50-27-38-22-34(29-54(38)47(40)56)32-7-11-36(49)12-8-32)25-44(31)59-19-5-4-6-20-60-46-26-43-41(24-45(46)58-3)48(57)55-30-35(23-39(55)28-51-43)33-9-13-37(14-10-33)53-17-15-52(2)16-18-53/h7-14,21,24-30,38-39H,4-6,15-20,22-23,49H2,1-3H3/t38-,39-/m0/s1. The number of carbonyl (C=O) groups excluding carboxylic acids is 2. The van der Waals surface area contributed by atoms with Gasteiger partial charge in [-0.05, 0) is 97.5 Å². The van der Waals surface area contributed by atoms with Gasteiger partial charge in [0.2, 0.25) is 0 Å². The number of rotatable bonds is 12. The topological polar surface area (TPSA) is 126 Å². The zero-order valence-corrected chi connectivity index (χ0v) is 34.5. The number of amides is 2. The summed E-state index contributed by atoms with van der Waals surface area (Å²) in [6.45, 7) is 7.14. The van der Waals surface area contributed by atoms with E-state index in [2.05, 4.69) is 41.1 Å². The molecule has 0 aliphatic carbocycles. The molecule has 12 heteroatoms. The minimum Gasteiger partial charge on any atom is -0.493 e. The molecule has 0 saturated carbocycles. The lowest BCUT2D eigenvalue weighted by Gasteiger charge is -2.34. The van der Waals surface area contributed by atoms with Crippen LogP contribution in [0.3, 0.4) is 0 Å².